The van der Waals surface area contributed by atoms with Gasteiger partial charge in [0.25, 0.3) is 0 Å². The predicted octanol–water partition coefficient (Wildman–Crippen LogP) is 3.54. The van der Waals surface area contributed by atoms with E-state index >= 15 is 0 Å². The van der Waals surface area contributed by atoms with E-state index in [1.807, 2.05) is 0 Å². The number of ether oxygens (including phenoxy) is 1. The summed E-state index contributed by atoms with van der Waals surface area (Å²) in [6, 6.07) is 7.68. The molecule has 0 spiro atoms. The van der Waals surface area contributed by atoms with E-state index in [9.17, 15) is 18.0 Å². The van der Waals surface area contributed by atoms with Crippen molar-refractivity contribution >= 4 is 23.4 Å². The molecule has 1 heterocycles. The smallest absolute Gasteiger partial charge is 0.433 e. The third-order valence-electron chi connectivity index (χ3n) is 2.84. The van der Waals surface area contributed by atoms with E-state index in [1.54, 1.807) is 24.3 Å². The van der Waals surface area contributed by atoms with Gasteiger partial charge in [-0.2, -0.15) is 13.2 Å². The van der Waals surface area contributed by atoms with E-state index in [-0.39, 0.29) is 16.6 Å². The molecule has 0 aliphatic rings. The zero-order chi connectivity index (χ0) is 17.7. The second-order valence-corrected chi connectivity index (χ2v) is 5.65. The largest absolute Gasteiger partial charge is 0.495 e. The molecular weight excluding hydrogens is 343 g/mol. The zero-order valence-corrected chi connectivity index (χ0v) is 13.7. The standard InChI is InChI=1S/C15H14F3N3O2S/c1-9-7-12(15(16,17)18)21-14(19-9)24-8-13(22)20-10-5-3-4-6-11(10)23-2/h3-7H,8H2,1-2H3,(H,20,22). The number of alkyl halides is 3. The average Bonchev–Trinajstić information content (AvgIpc) is 2.52. The summed E-state index contributed by atoms with van der Waals surface area (Å²) >= 11 is 0.831. The maximum absolute atomic E-state index is 12.7. The fourth-order valence-corrected chi connectivity index (χ4v) is 2.52. The van der Waals surface area contributed by atoms with Gasteiger partial charge in [-0.25, -0.2) is 9.97 Å². The monoisotopic (exact) mass is 357 g/mol. The fourth-order valence-electron chi connectivity index (χ4n) is 1.82. The Morgan fingerprint density at radius 2 is 2.00 bits per heavy atom. The Balaban J connectivity index is 2.03. The number of amides is 1. The predicted molar refractivity (Wildman–Crippen MR) is 84.1 cm³/mol. The minimum absolute atomic E-state index is 0.0995. The van der Waals surface area contributed by atoms with Crippen molar-refractivity contribution in [3.05, 3.63) is 41.7 Å². The molecule has 24 heavy (non-hydrogen) atoms. The molecule has 1 aromatic carbocycles. The first kappa shape index (κ1) is 18.1. The number of carbonyl (C=O) groups is 1. The molecule has 0 saturated heterocycles. The van der Waals surface area contributed by atoms with Crippen molar-refractivity contribution in [3.8, 4) is 5.75 Å². The van der Waals surface area contributed by atoms with Crippen LogP contribution in [0.3, 0.4) is 0 Å². The van der Waals surface area contributed by atoms with Crippen molar-refractivity contribution in [1.29, 1.82) is 0 Å². The Bertz CT molecular complexity index is 738. The first-order valence-electron chi connectivity index (χ1n) is 6.78. The lowest BCUT2D eigenvalue weighted by Crippen LogP contribution is -2.15. The molecule has 0 aliphatic heterocycles. The number of aryl methyl sites for hydroxylation is 1. The molecule has 0 radical (unpaired) electrons. The van der Waals surface area contributed by atoms with Crippen molar-refractivity contribution in [2.75, 3.05) is 18.2 Å². The molecule has 1 amide bonds. The molecule has 9 heteroatoms. The summed E-state index contributed by atoms with van der Waals surface area (Å²) in [6.45, 7) is 1.44. The van der Waals surface area contributed by atoms with Crippen molar-refractivity contribution in [3.63, 3.8) is 0 Å². The minimum atomic E-state index is -4.55. The van der Waals surface area contributed by atoms with Crippen molar-refractivity contribution < 1.29 is 22.7 Å². The van der Waals surface area contributed by atoms with E-state index < -0.39 is 17.8 Å². The van der Waals surface area contributed by atoms with Gasteiger partial charge in [0, 0.05) is 5.69 Å². The number of benzene rings is 1. The lowest BCUT2D eigenvalue weighted by Gasteiger charge is -2.10. The van der Waals surface area contributed by atoms with Gasteiger partial charge in [0.1, 0.15) is 11.4 Å². The Morgan fingerprint density at radius 1 is 1.29 bits per heavy atom. The molecule has 0 atom stereocenters. The maximum atomic E-state index is 12.7. The van der Waals surface area contributed by atoms with Gasteiger partial charge in [-0.05, 0) is 25.1 Å². The Labute approximate surface area is 140 Å². The number of methoxy groups -OCH3 is 1. The molecule has 1 aromatic heterocycles. The van der Waals surface area contributed by atoms with Gasteiger partial charge in [-0.15, -0.1) is 0 Å². The number of anilines is 1. The van der Waals surface area contributed by atoms with Gasteiger partial charge in [-0.3, -0.25) is 4.79 Å². The number of halogens is 3. The number of nitrogens with one attached hydrogen (secondary N) is 1. The molecule has 2 rings (SSSR count). The van der Waals surface area contributed by atoms with Crippen molar-refractivity contribution in [1.82, 2.24) is 9.97 Å². The van der Waals surface area contributed by atoms with Crippen LogP contribution >= 0.6 is 11.8 Å². The van der Waals surface area contributed by atoms with Gasteiger partial charge in [0.05, 0.1) is 18.6 Å². The van der Waals surface area contributed by atoms with Crippen LogP contribution in [0.15, 0.2) is 35.5 Å². The summed E-state index contributed by atoms with van der Waals surface area (Å²) in [5.41, 5.74) is -0.362. The fraction of sp³-hybridized carbons (Fsp3) is 0.267. The van der Waals surface area contributed by atoms with Gasteiger partial charge in [0.15, 0.2) is 5.16 Å². The van der Waals surface area contributed by atoms with Crippen molar-refractivity contribution in [2.24, 2.45) is 0 Å². The number of thioether (sulfide) groups is 1. The van der Waals surface area contributed by atoms with Crippen LogP contribution in [0.4, 0.5) is 18.9 Å². The normalized spacial score (nSPS) is 11.2. The van der Waals surface area contributed by atoms with Gasteiger partial charge in [-0.1, -0.05) is 23.9 Å². The zero-order valence-electron chi connectivity index (χ0n) is 12.8. The molecule has 0 saturated carbocycles. The maximum Gasteiger partial charge on any atom is 0.433 e. The number of carbonyl (C=O) groups excluding carboxylic acids is 1. The van der Waals surface area contributed by atoms with Crippen LogP contribution in [0.5, 0.6) is 5.75 Å². The minimum Gasteiger partial charge on any atom is -0.495 e. The molecule has 0 unspecified atom stereocenters. The molecule has 0 fully saturated rings. The second kappa shape index (κ2) is 7.52. The molecule has 0 aliphatic carbocycles. The number of hydrogen-bond acceptors (Lipinski definition) is 5. The quantitative estimate of drug-likeness (QED) is 0.655. The Kier molecular flexibility index (Phi) is 5.66. The second-order valence-electron chi connectivity index (χ2n) is 4.71. The van der Waals surface area contributed by atoms with Crippen LogP contribution in [0.1, 0.15) is 11.4 Å². The highest BCUT2D eigenvalue weighted by atomic mass is 32.2. The third-order valence-corrected chi connectivity index (χ3v) is 3.68. The number of hydrogen-bond donors (Lipinski definition) is 1. The van der Waals surface area contributed by atoms with Crippen LogP contribution in [0.25, 0.3) is 0 Å². The molecule has 5 nitrogen and oxygen atoms in total. The van der Waals surface area contributed by atoms with Gasteiger partial charge >= 0.3 is 6.18 Å². The molecule has 1 N–H and O–H groups in total. The summed E-state index contributed by atoms with van der Waals surface area (Å²) in [5.74, 6) is -0.0381. The van der Waals surface area contributed by atoms with Crippen LogP contribution in [0.2, 0.25) is 0 Å². The highest BCUT2D eigenvalue weighted by Gasteiger charge is 2.33. The number of rotatable bonds is 5. The molecule has 0 bridgehead atoms. The topological polar surface area (TPSA) is 64.1 Å². The van der Waals surface area contributed by atoms with E-state index in [0.29, 0.717) is 11.4 Å². The average molecular weight is 357 g/mol. The summed E-state index contributed by atoms with van der Waals surface area (Å²) in [5, 5.41) is 2.53. The first-order valence-corrected chi connectivity index (χ1v) is 7.76. The Morgan fingerprint density at radius 3 is 2.67 bits per heavy atom. The van der Waals surface area contributed by atoms with Crippen LogP contribution in [0, 0.1) is 6.92 Å². The van der Waals surface area contributed by atoms with E-state index in [1.165, 1.54) is 14.0 Å². The summed E-state index contributed by atoms with van der Waals surface area (Å²) < 4.78 is 43.3. The molecular formula is C15H14F3N3O2S. The number of para-hydroxylation sites is 2. The lowest BCUT2D eigenvalue weighted by atomic mass is 10.3. The SMILES string of the molecule is COc1ccccc1NC(=O)CSc1nc(C)cc(C(F)(F)F)n1. The summed E-state index contributed by atoms with van der Waals surface area (Å²) in [4.78, 5) is 19.3. The van der Waals surface area contributed by atoms with Gasteiger partial charge in [0.2, 0.25) is 5.91 Å². The van der Waals surface area contributed by atoms with Gasteiger partial charge < -0.3 is 10.1 Å². The van der Waals surface area contributed by atoms with E-state index in [4.69, 9.17) is 4.74 Å². The third kappa shape index (κ3) is 4.85. The highest BCUT2D eigenvalue weighted by molar-refractivity contribution is 7.99. The summed E-state index contributed by atoms with van der Waals surface area (Å²) in [7, 11) is 1.47. The lowest BCUT2D eigenvalue weighted by molar-refractivity contribution is -0.141. The molecule has 128 valence electrons. The number of nitrogens with zero attached hydrogens (tertiary/aromatic N) is 2. The van der Waals surface area contributed by atoms with Crippen LogP contribution in [-0.2, 0) is 11.0 Å². The van der Waals surface area contributed by atoms with E-state index in [2.05, 4.69) is 15.3 Å². The van der Waals surface area contributed by atoms with Crippen LogP contribution < -0.4 is 10.1 Å². The van der Waals surface area contributed by atoms with Crippen molar-refractivity contribution in [2.45, 2.75) is 18.3 Å². The first-order chi connectivity index (χ1) is 11.3. The molecule has 2 aromatic rings. The van der Waals surface area contributed by atoms with E-state index in [0.717, 1.165) is 17.8 Å². The van der Waals surface area contributed by atoms with Crippen LogP contribution in [-0.4, -0.2) is 28.7 Å². The Hall–Kier alpha value is -2.29. The number of aromatic nitrogens is 2. The summed E-state index contributed by atoms with van der Waals surface area (Å²) in [6.07, 6.45) is -4.55. The highest BCUT2D eigenvalue weighted by Crippen LogP contribution is 2.29.